The van der Waals surface area contributed by atoms with Crippen molar-refractivity contribution in [2.75, 3.05) is 0 Å². The molecule has 9 nitrogen and oxygen atoms in total. The largest absolute Gasteiger partial charge is 0.349 e. The SMILES string of the molecule is O=C(N[C@H]1CC[C@H](Cn2c(=O)n(-c3cnc4[nH]ccc4c3)c3ncccc32)CC1)c1cc(Cl)cnc1C(F)F. The molecule has 1 amide bonds. The summed E-state index contributed by atoms with van der Waals surface area (Å²) >= 11 is 5.89. The van der Waals surface area contributed by atoms with Gasteiger partial charge in [-0.25, -0.2) is 28.1 Å². The van der Waals surface area contributed by atoms with E-state index in [1.54, 1.807) is 33.8 Å². The number of pyridine rings is 3. The second kappa shape index (κ2) is 10.2. The summed E-state index contributed by atoms with van der Waals surface area (Å²) in [5.41, 5.74) is 1.69. The summed E-state index contributed by atoms with van der Waals surface area (Å²) in [6.07, 6.45) is 6.18. The molecular weight excluding hydrogens is 528 g/mol. The number of carbonyl (C=O) groups excluding carboxylic acids is 1. The molecule has 0 atom stereocenters. The first-order chi connectivity index (χ1) is 18.9. The summed E-state index contributed by atoms with van der Waals surface area (Å²) in [6.45, 7) is 0.502. The average molecular weight is 552 g/mol. The molecule has 0 unspecified atom stereocenters. The first-order valence-corrected chi connectivity index (χ1v) is 13.0. The molecule has 1 aliphatic carbocycles. The first kappa shape index (κ1) is 25.2. The number of aromatic amines is 1. The van der Waals surface area contributed by atoms with E-state index in [0.717, 1.165) is 35.6 Å². The molecule has 6 rings (SSSR count). The quantitative estimate of drug-likeness (QED) is 0.307. The highest BCUT2D eigenvalue weighted by molar-refractivity contribution is 6.30. The van der Waals surface area contributed by atoms with Crippen LogP contribution in [-0.2, 0) is 6.54 Å². The standard InChI is InChI=1S/C27H24ClF2N7O2/c28-17-11-20(22(23(29)30)33-12-17)26(38)35-18-5-3-15(4-6-18)14-36-21-2-1-8-32-25(21)37(27(36)39)19-10-16-7-9-31-24(16)34-13-19/h1-2,7-13,15,18,23H,3-6,14H2,(H,31,34)(H,35,38)/t15-,18-. The normalized spacial score (nSPS) is 17.7. The predicted molar refractivity (Wildman–Crippen MR) is 142 cm³/mol. The molecule has 0 bridgehead atoms. The Balaban J connectivity index is 1.19. The fourth-order valence-electron chi connectivity index (χ4n) is 5.36. The summed E-state index contributed by atoms with van der Waals surface area (Å²) in [5.74, 6) is -0.410. The van der Waals surface area contributed by atoms with E-state index in [1.165, 1.54) is 6.07 Å². The van der Waals surface area contributed by atoms with Gasteiger partial charge < -0.3 is 10.3 Å². The maximum Gasteiger partial charge on any atom is 0.335 e. The van der Waals surface area contributed by atoms with Gasteiger partial charge in [-0.3, -0.25) is 14.3 Å². The van der Waals surface area contributed by atoms with Crippen LogP contribution in [0.15, 0.2) is 59.9 Å². The molecule has 12 heteroatoms. The molecule has 5 aromatic heterocycles. The lowest BCUT2D eigenvalue weighted by molar-refractivity contribution is 0.0904. The van der Waals surface area contributed by atoms with Crippen molar-refractivity contribution < 1.29 is 13.6 Å². The predicted octanol–water partition coefficient (Wildman–Crippen LogP) is 5.04. The van der Waals surface area contributed by atoms with Crippen molar-refractivity contribution in [3.05, 3.63) is 81.9 Å². The Morgan fingerprint density at radius 3 is 2.74 bits per heavy atom. The van der Waals surface area contributed by atoms with Crippen molar-refractivity contribution in [3.63, 3.8) is 0 Å². The van der Waals surface area contributed by atoms with Gasteiger partial charge in [-0.1, -0.05) is 11.6 Å². The second-order valence-electron chi connectivity index (χ2n) is 9.76. The van der Waals surface area contributed by atoms with E-state index in [0.29, 0.717) is 30.7 Å². The van der Waals surface area contributed by atoms with Gasteiger partial charge in [0.1, 0.15) is 11.3 Å². The van der Waals surface area contributed by atoms with Gasteiger partial charge in [0.05, 0.1) is 28.0 Å². The van der Waals surface area contributed by atoms with Gasteiger partial charge in [-0.05, 0) is 61.9 Å². The smallest absolute Gasteiger partial charge is 0.335 e. The Morgan fingerprint density at radius 2 is 1.95 bits per heavy atom. The van der Waals surface area contributed by atoms with Gasteiger partial charge >= 0.3 is 5.69 Å². The topological polar surface area (TPSA) is 110 Å². The molecular formula is C27H24ClF2N7O2. The van der Waals surface area contributed by atoms with Crippen LogP contribution in [0.3, 0.4) is 0 Å². The molecule has 2 N–H and O–H groups in total. The molecule has 1 aliphatic rings. The van der Waals surface area contributed by atoms with Crippen molar-refractivity contribution in [1.29, 1.82) is 0 Å². The number of alkyl halides is 2. The van der Waals surface area contributed by atoms with E-state index >= 15 is 0 Å². The minimum atomic E-state index is -2.88. The number of halogens is 3. The summed E-state index contributed by atoms with van der Waals surface area (Å²) in [5, 5.41) is 3.87. The van der Waals surface area contributed by atoms with Gasteiger partial charge in [-0.2, -0.15) is 0 Å². The number of imidazole rings is 1. The van der Waals surface area contributed by atoms with Crippen LogP contribution < -0.4 is 11.0 Å². The highest BCUT2D eigenvalue weighted by Crippen LogP contribution is 2.28. The Bertz CT molecular complexity index is 1740. The number of hydrogen-bond donors (Lipinski definition) is 2. The number of rotatable bonds is 6. The van der Waals surface area contributed by atoms with Gasteiger partial charge in [0.25, 0.3) is 12.3 Å². The minimum absolute atomic E-state index is 0.121. The van der Waals surface area contributed by atoms with Gasteiger partial charge in [0, 0.05) is 36.6 Å². The fourth-order valence-corrected chi connectivity index (χ4v) is 5.52. The maximum absolute atomic E-state index is 13.6. The number of H-pyrrole nitrogens is 1. The lowest BCUT2D eigenvalue weighted by atomic mass is 9.85. The minimum Gasteiger partial charge on any atom is -0.349 e. The van der Waals surface area contributed by atoms with Crippen molar-refractivity contribution in [3.8, 4) is 5.69 Å². The second-order valence-corrected chi connectivity index (χ2v) is 10.2. The lowest BCUT2D eigenvalue weighted by Gasteiger charge is -2.29. The fraction of sp³-hybridized carbons (Fsp3) is 0.296. The Hall–Kier alpha value is -4.12. The zero-order valence-electron chi connectivity index (χ0n) is 20.7. The molecule has 5 heterocycles. The molecule has 200 valence electrons. The third kappa shape index (κ3) is 4.78. The van der Waals surface area contributed by atoms with Crippen molar-refractivity contribution in [1.82, 2.24) is 34.4 Å². The zero-order chi connectivity index (χ0) is 27.1. The summed E-state index contributed by atoms with van der Waals surface area (Å²) < 4.78 is 30.0. The van der Waals surface area contributed by atoms with E-state index in [9.17, 15) is 18.4 Å². The third-order valence-electron chi connectivity index (χ3n) is 7.29. The molecule has 0 spiro atoms. The summed E-state index contributed by atoms with van der Waals surface area (Å²) in [6, 6.07) is 8.54. The van der Waals surface area contributed by atoms with Crippen LogP contribution in [0.25, 0.3) is 27.9 Å². The number of amides is 1. The Labute approximate surface area is 225 Å². The van der Waals surface area contributed by atoms with Gasteiger partial charge in [0.2, 0.25) is 0 Å². The van der Waals surface area contributed by atoms with E-state index in [2.05, 4.69) is 25.3 Å². The molecule has 1 fully saturated rings. The molecule has 0 saturated heterocycles. The van der Waals surface area contributed by atoms with Crippen LogP contribution >= 0.6 is 11.6 Å². The summed E-state index contributed by atoms with van der Waals surface area (Å²) in [4.78, 5) is 42.0. The highest BCUT2D eigenvalue weighted by atomic mass is 35.5. The van der Waals surface area contributed by atoms with Crippen molar-refractivity contribution in [2.45, 2.75) is 44.7 Å². The zero-order valence-corrected chi connectivity index (χ0v) is 21.4. The molecule has 0 aromatic carbocycles. The molecule has 0 radical (unpaired) electrons. The van der Waals surface area contributed by atoms with Crippen LogP contribution in [-0.4, -0.2) is 41.0 Å². The monoisotopic (exact) mass is 551 g/mol. The van der Waals surface area contributed by atoms with E-state index < -0.39 is 18.0 Å². The average Bonchev–Trinajstić information content (AvgIpc) is 3.51. The molecule has 1 saturated carbocycles. The number of aromatic nitrogens is 6. The first-order valence-electron chi connectivity index (χ1n) is 12.6. The van der Waals surface area contributed by atoms with Crippen molar-refractivity contribution in [2.24, 2.45) is 5.92 Å². The van der Waals surface area contributed by atoms with E-state index in [4.69, 9.17) is 11.6 Å². The van der Waals surface area contributed by atoms with Crippen molar-refractivity contribution >= 4 is 39.7 Å². The van der Waals surface area contributed by atoms with Gasteiger partial charge in [-0.15, -0.1) is 0 Å². The van der Waals surface area contributed by atoms with Crippen LogP contribution in [0.4, 0.5) is 8.78 Å². The molecule has 0 aliphatic heterocycles. The van der Waals surface area contributed by atoms with E-state index in [1.807, 2.05) is 18.2 Å². The number of fused-ring (bicyclic) bond motifs is 2. The van der Waals surface area contributed by atoms with Crippen LogP contribution in [0.5, 0.6) is 0 Å². The Kier molecular flexibility index (Phi) is 6.59. The number of nitrogens with one attached hydrogen (secondary N) is 2. The highest BCUT2D eigenvalue weighted by Gasteiger charge is 2.27. The van der Waals surface area contributed by atoms with Crippen LogP contribution in [0, 0.1) is 5.92 Å². The van der Waals surface area contributed by atoms with Crippen LogP contribution in [0.1, 0.15) is 48.2 Å². The number of hydrogen-bond acceptors (Lipinski definition) is 5. The third-order valence-corrected chi connectivity index (χ3v) is 7.50. The van der Waals surface area contributed by atoms with E-state index in [-0.39, 0.29) is 28.2 Å². The molecule has 39 heavy (non-hydrogen) atoms. The van der Waals surface area contributed by atoms with Crippen LogP contribution in [0.2, 0.25) is 5.02 Å². The maximum atomic E-state index is 13.6. The molecule has 5 aromatic rings. The number of carbonyl (C=O) groups is 1. The van der Waals surface area contributed by atoms with Gasteiger partial charge in [0.15, 0.2) is 5.65 Å². The summed E-state index contributed by atoms with van der Waals surface area (Å²) in [7, 11) is 0. The number of nitrogens with zero attached hydrogens (tertiary/aromatic N) is 5. The Morgan fingerprint density at radius 1 is 1.13 bits per heavy atom. The lowest BCUT2D eigenvalue weighted by Crippen LogP contribution is -2.39.